The predicted octanol–water partition coefficient (Wildman–Crippen LogP) is 3.65. The second-order valence-electron chi connectivity index (χ2n) is 4.88. The Morgan fingerprint density at radius 1 is 1.00 bits per heavy atom. The molecule has 0 aliphatic heterocycles. The fourth-order valence-corrected chi connectivity index (χ4v) is 1.82. The van der Waals surface area contributed by atoms with Crippen molar-refractivity contribution < 1.29 is 0 Å². The second kappa shape index (κ2) is 8.35. The molecule has 0 bridgehead atoms. The van der Waals surface area contributed by atoms with Crippen LogP contribution in [-0.4, -0.2) is 13.1 Å². The van der Waals surface area contributed by atoms with E-state index in [1.807, 2.05) is 0 Å². The Balaban J connectivity index is 1.93. The predicted molar refractivity (Wildman–Crippen MR) is 71.7 cm³/mol. The second-order valence-corrected chi connectivity index (χ2v) is 4.88. The van der Waals surface area contributed by atoms with Gasteiger partial charge in [-0.3, -0.25) is 0 Å². The van der Waals surface area contributed by atoms with Crippen LogP contribution >= 0.6 is 0 Å². The molecule has 0 aliphatic carbocycles. The zero-order chi connectivity index (χ0) is 11.6. The molecular weight excluding hydrogens is 194 g/mol. The van der Waals surface area contributed by atoms with E-state index in [1.165, 1.54) is 37.8 Å². The third-order valence-corrected chi connectivity index (χ3v) is 2.80. The van der Waals surface area contributed by atoms with Gasteiger partial charge in [0.15, 0.2) is 0 Å². The summed E-state index contributed by atoms with van der Waals surface area (Å²) in [5.74, 6) is 0.839. The van der Waals surface area contributed by atoms with Gasteiger partial charge in [-0.2, -0.15) is 0 Å². The van der Waals surface area contributed by atoms with Crippen LogP contribution < -0.4 is 5.32 Å². The Hall–Kier alpha value is -0.820. The molecule has 1 nitrogen and oxygen atoms in total. The molecule has 0 aromatic heterocycles. The molecule has 0 aliphatic rings. The fraction of sp³-hybridized carbons (Fsp3) is 0.600. The van der Waals surface area contributed by atoms with E-state index in [1.54, 1.807) is 0 Å². The molecular formula is C15H25N. The highest BCUT2D eigenvalue weighted by Crippen LogP contribution is 2.03. The molecule has 0 spiro atoms. The highest BCUT2D eigenvalue weighted by atomic mass is 14.8. The molecule has 1 aromatic carbocycles. The number of hydrogen-bond acceptors (Lipinski definition) is 1. The molecule has 1 N–H and O–H groups in total. The molecule has 0 fully saturated rings. The van der Waals surface area contributed by atoms with Gasteiger partial charge in [0, 0.05) is 0 Å². The number of benzene rings is 1. The minimum Gasteiger partial charge on any atom is -0.317 e. The van der Waals surface area contributed by atoms with Crippen LogP contribution in [0.4, 0.5) is 0 Å². The summed E-state index contributed by atoms with van der Waals surface area (Å²) in [5.41, 5.74) is 1.45. The first-order chi connectivity index (χ1) is 7.79. The maximum Gasteiger partial charge on any atom is -0.00457 e. The zero-order valence-electron chi connectivity index (χ0n) is 10.7. The normalized spacial score (nSPS) is 10.9. The Morgan fingerprint density at radius 3 is 2.38 bits per heavy atom. The Morgan fingerprint density at radius 2 is 1.69 bits per heavy atom. The molecule has 0 saturated heterocycles. The van der Waals surface area contributed by atoms with Gasteiger partial charge in [-0.05, 0) is 50.3 Å². The van der Waals surface area contributed by atoms with Gasteiger partial charge < -0.3 is 5.32 Å². The summed E-state index contributed by atoms with van der Waals surface area (Å²) in [6, 6.07) is 10.7. The van der Waals surface area contributed by atoms with Gasteiger partial charge in [0.25, 0.3) is 0 Å². The van der Waals surface area contributed by atoms with E-state index < -0.39 is 0 Å². The van der Waals surface area contributed by atoms with Crippen molar-refractivity contribution >= 4 is 0 Å². The van der Waals surface area contributed by atoms with Crippen LogP contribution in [0.2, 0.25) is 0 Å². The van der Waals surface area contributed by atoms with E-state index in [4.69, 9.17) is 0 Å². The summed E-state index contributed by atoms with van der Waals surface area (Å²) in [5, 5.41) is 3.51. The van der Waals surface area contributed by atoms with E-state index in [0.717, 1.165) is 12.5 Å². The Bertz CT molecular complexity index is 253. The molecule has 1 heteroatoms. The molecule has 90 valence electrons. The number of nitrogens with one attached hydrogen (secondary N) is 1. The summed E-state index contributed by atoms with van der Waals surface area (Å²) in [6.45, 7) is 6.89. The first-order valence-electron chi connectivity index (χ1n) is 6.53. The summed E-state index contributed by atoms with van der Waals surface area (Å²) in [7, 11) is 0. The van der Waals surface area contributed by atoms with Gasteiger partial charge in [0.1, 0.15) is 0 Å². The van der Waals surface area contributed by atoms with Crippen molar-refractivity contribution in [1.29, 1.82) is 0 Å². The third-order valence-electron chi connectivity index (χ3n) is 2.80. The number of hydrogen-bond donors (Lipinski definition) is 1. The lowest BCUT2D eigenvalue weighted by atomic mass is 10.1. The van der Waals surface area contributed by atoms with Gasteiger partial charge in [0.2, 0.25) is 0 Å². The third kappa shape index (κ3) is 6.62. The SMILES string of the molecule is CC(C)CCCNCCCc1ccccc1. The van der Waals surface area contributed by atoms with Crippen LogP contribution in [0.15, 0.2) is 30.3 Å². The molecule has 1 aromatic rings. The number of aryl methyl sites for hydroxylation is 1. The van der Waals surface area contributed by atoms with Crippen molar-refractivity contribution in [2.24, 2.45) is 5.92 Å². The van der Waals surface area contributed by atoms with Gasteiger partial charge in [-0.25, -0.2) is 0 Å². The minimum absolute atomic E-state index is 0.839. The monoisotopic (exact) mass is 219 g/mol. The largest absolute Gasteiger partial charge is 0.317 e. The van der Waals surface area contributed by atoms with Crippen LogP contribution in [0.1, 0.15) is 38.7 Å². The quantitative estimate of drug-likeness (QED) is 0.658. The van der Waals surface area contributed by atoms with Crippen molar-refractivity contribution in [3.8, 4) is 0 Å². The lowest BCUT2D eigenvalue weighted by Crippen LogP contribution is -2.17. The van der Waals surface area contributed by atoms with Crippen LogP contribution in [0, 0.1) is 5.92 Å². The fourth-order valence-electron chi connectivity index (χ4n) is 1.82. The smallest absolute Gasteiger partial charge is 0.00457 e. The van der Waals surface area contributed by atoms with E-state index >= 15 is 0 Å². The van der Waals surface area contributed by atoms with Crippen LogP contribution in [0.25, 0.3) is 0 Å². The summed E-state index contributed by atoms with van der Waals surface area (Å²) < 4.78 is 0. The lowest BCUT2D eigenvalue weighted by Gasteiger charge is -2.06. The van der Waals surface area contributed by atoms with E-state index in [-0.39, 0.29) is 0 Å². The standard InChI is InChI=1S/C15H25N/c1-14(2)8-6-12-16-13-7-11-15-9-4-3-5-10-15/h3-5,9-10,14,16H,6-8,11-13H2,1-2H3. The van der Waals surface area contributed by atoms with Crippen molar-refractivity contribution in [3.05, 3.63) is 35.9 Å². The Labute approximate surface area is 100 Å². The molecule has 0 radical (unpaired) electrons. The minimum atomic E-state index is 0.839. The first kappa shape index (κ1) is 13.2. The van der Waals surface area contributed by atoms with E-state index in [9.17, 15) is 0 Å². The molecule has 0 unspecified atom stereocenters. The molecule has 0 saturated carbocycles. The molecule has 0 amide bonds. The van der Waals surface area contributed by atoms with Gasteiger partial charge >= 0.3 is 0 Å². The maximum absolute atomic E-state index is 3.51. The highest BCUT2D eigenvalue weighted by molar-refractivity contribution is 5.14. The molecule has 1 rings (SSSR count). The topological polar surface area (TPSA) is 12.0 Å². The first-order valence-corrected chi connectivity index (χ1v) is 6.53. The van der Waals surface area contributed by atoms with E-state index in [2.05, 4.69) is 49.5 Å². The summed E-state index contributed by atoms with van der Waals surface area (Å²) in [6.07, 6.45) is 5.08. The van der Waals surface area contributed by atoms with Crippen LogP contribution in [0.5, 0.6) is 0 Å². The lowest BCUT2D eigenvalue weighted by molar-refractivity contribution is 0.524. The van der Waals surface area contributed by atoms with Gasteiger partial charge in [-0.1, -0.05) is 44.2 Å². The maximum atomic E-state index is 3.51. The van der Waals surface area contributed by atoms with Crippen LogP contribution in [0.3, 0.4) is 0 Å². The van der Waals surface area contributed by atoms with Crippen molar-refractivity contribution in [2.75, 3.05) is 13.1 Å². The average Bonchev–Trinajstić information content (AvgIpc) is 2.29. The Kier molecular flexibility index (Phi) is 6.91. The average molecular weight is 219 g/mol. The van der Waals surface area contributed by atoms with Gasteiger partial charge in [0.05, 0.1) is 0 Å². The molecule has 0 heterocycles. The van der Waals surface area contributed by atoms with Crippen molar-refractivity contribution in [3.63, 3.8) is 0 Å². The van der Waals surface area contributed by atoms with E-state index in [0.29, 0.717) is 0 Å². The molecule has 16 heavy (non-hydrogen) atoms. The van der Waals surface area contributed by atoms with Crippen molar-refractivity contribution in [2.45, 2.75) is 39.5 Å². The summed E-state index contributed by atoms with van der Waals surface area (Å²) >= 11 is 0. The van der Waals surface area contributed by atoms with Gasteiger partial charge in [-0.15, -0.1) is 0 Å². The van der Waals surface area contributed by atoms with Crippen LogP contribution in [-0.2, 0) is 6.42 Å². The summed E-state index contributed by atoms with van der Waals surface area (Å²) in [4.78, 5) is 0. The number of rotatable bonds is 8. The van der Waals surface area contributed by atoms with Crippen molar-refractivity contribution in [1.82, 2.24) is 5.32 Å². The highest BCUT2D eigenvalue weighted by Gasteiger charge is 1.94. The molecule has 0 atom stereocenters. The zero-order valence-corrected chi connectivity index (χ0v) is 10.7.